The Morgan fingerprint density at radius 1 is 0.449 bits per heavy atom. The minimum atomic E-state index is 0.0540. The third-order valence-electron chi connectivity index (χ3n) is 10.8. The first kappa shape index (κ1) is 33.0. The summed E-state index contributed by atoms with van der Waals surface area (Å²) in [4.78, 5) is 10.1. The lowest BCUT2D eigenvalue weighted by Gasteiger charge is -2.33. The Balaban J connectivity index is 1.33. The van der Waals surface area contributed by atoms with Gasteiger partial charge in [0, 0.05) is 22.6 Å². The minimum absolute atomic E-state index is 0.0540. The van der Waals surface area contributed by atoms with Crippen LogP contribution in [0.15, 0.2) is 121 Å². The molecule has 1 aliphatic rings. The van der Waals surface area contributed by atoms with Gasteiger partial charge in [0.15, 0.2) is 0 Å². The molecule has 0 N–H and O–H groups in total. The number of hydrogen-bond donors (Lipinski definition) is 0. The number of pyridine rings is 2. The molecule has 0 saturated carbocycles. The van der Waals surface area contributed by atoms with Gasteiger partial charge < -0.3 is 0 Å². The highest BCUT2D eigenvalue weighted by atomic mass is 14.8. The topological polar surface area (TPSA) is 25.8 Å². The number of hydrogen-bond acceptors (Lipinski definition) is 2. The average molecular weight is 643 g/mol. The number of aromatic nitrogens is 2. The van der Waals surface area contributed by atoms with E-state index in [2.05, 4.69) is 129 Å². The molecule has 2 aromatic heterocycles. The van der Waals surface area contributed by atoms with Crippen LogP contribution in [0.2, 0.25) is 0 Å². The summed E-state index contributed by atoms with van der Waals surface area (Å²) >= 11 is 0. The first-order valence-electron chi connectivity index (χ1n) is 18.9. The number of unbranched alkanes of at least 4 members (excludes halogenated alkanes) is 8. The Labute approximate surface area is 293 Å². The highest BCUT2D eigenvalue weighted by Crippen LogP contribution is 2.55. The summed E-state index contributed by atoms with van der Waals surface area (Å²) in [5.41, 5.74) is 12.3. The van der Waals surface area contributed by atoms with Crippen molar-refractivity contribution in [2.75, 3.05) is 0 Å². The van der Waals surface area contributed by atoms with E-state index in [1.165, 1.54) is 110 Å². The van der Waals surface area contributed by atoms with Gasteiger partial charge in [0.2, 0.25) is 0 Å². The van der Waals surface area contributed by atoms with E-state index in [1.54, 1.807) is 5.56 Å². The molecule has 248 valence electrons. The molecule has 49 heavy (non-hydrogen) atoms. The molecule has 0 saturated heterocycles. The molecule has 0 bridgehead atoms. The van der Waals surface area contributed by atoms with E-state index in [9.17, 15) is 0 Å². The molecule has 2 heteroatoms. The van der Waals surface area contributed by atoms with Crippen molar-refractivity contribution in [1.29, 1.82) is 0 Å². The van der Waals surface area contributed by atoms with E-state index in [0.717, 1.165) is 28.0 Å². The first-order chi connectivity index (χ1) is 24.2. The molecule has 6 aromatic rings. The molecular formula is C47H50N2. The lowest BCUT2D eigenvalue weighted by molar-refractivity contribution is 0.399. The maximum Gasteiger partial charge on any atom is 0.0900 e. The van der Waals surface area contributed by atoms with Gasteiger partial charge in [0.05, 0.1) is 17.1 Å². The van der Waals surface area contributed by atoms with Crippen molar-refractivity contribution in [2.45, 2.75) is 96.3 Å². The van der Waals surface area contributed by atoms with Crippen LogP contribution in [-0.2, 0) is 5.41 Å². The number of nitrogens with zero attached hydrogens (tertiary/aromatic N) is 2. The lowest BCUT2D eigenvalue weighted by Crippen LogP contribution is -2.25. The Morgan fingerprint density at radius 2 is 1.08 bits per heavy atom. The quantitative estimate of drug-likeness (QED) is 0.104. The SMILES string of the molecule is CCCCCCCCC1(CCCCCC)c2ccccc2-c2ccc(-c3cc(-c4ccccc4)nc(-c4cc5ccccc5cn4)c3)cc21. The standard InChI is InChI=1S/C47H50N2/c1-3-5-7-9-10-19-29-47(28-18-8-6-4-2)42-25-17-16-24-40(42)41-27-26-37(30-43(41)47)39-32-44(35-20-12-11-13-21-35)49-46(33-39)45-31-36-22-14-15-23-38(36)34-48-45/h11-17,20-27,30-34H,3-10,18-19,28-29H2,1-2H3. The smallest absolute Gasteiger partial charge is 0.0900 e. The van der Waals surface area contributed by atoms with Gasteiger partial charge in [0.1, 0.15) is 0 Å². The molecule has 2 nitrogen and oxygen atoms in total. The van der Waals surface area contributed by atoms with Gasteiger partial charge in [-0.2, -0.15) is 0 Å². The first-order valence-corrected chi connectivity index (χ1v) is 18.9. The van der Waals surface area contributed by atoms with Crippen LogP contribution >= 0.6 is 0 Å². The fourth-order valence-corrected chi connectivity index (χ4v) is 8.17. The van der Waals surface area contributed by atoms with Gasteiger partial charge in [-0.25, -0.2) is 4.98 Å². The van der Waals surface area contributed by atoms with Crippen LogP contribution in [0.5, 0.6) is 0 Å². The van der Waals surface area contributed by atoms with Crippen molar-refractivity contribution in [3.05, 3.63) is 133 Å². The van der Waals surface area contributed by atoms with Crippen molar-refractivity contribution < 1.29 is 0 Å². The molecule has 0 amide bonds. The normalized spacial score (nSPS) is 15.0. The summed E-state index contributed by atoms with van der Waals surface area (Å²) in [6.45, 7) is 4.63. The summed E-state index contributed by atoms with van der Waals surface area (Å²) < 4.78 is 0. The fourth-order valence-electron chi connectivity index (χ4n) is 8.17. The summed E-state index contributed by atoms with van der Waals surface area (Å²) in [6.07, 6.45) is 17.5. The predicted molar refractivity (Wildman–Crippen MR) is 209 cm³/mol. The highest BCUT2D eigenvalue weighted by Gasteiger charge is 2.42. The van der Waals surface area contributed by atoms with Crippen molar-refractivity contribution in [3.63, 3.8) is 0 Å². The van der Waals surface area contributed by atoms with Gasteiger partial charge >= 0.3 is 0 Å². The van der Waals surface area contributed by atoms with Gasteiger partial charge in [-0.3, -0.25) is 4.98 Å². The molecule has 2 heterocycles. The molecule has 0 fully saturated rings. The zero-order valence-electron chi connectivity index (χ0n) is 29.4. The largest absolute Gasteiger partial charge is 0.254 e. The molecule has 7 rings (SSSR count). The third kappa shape index (κ3) is 6.97. The second-order valence-electron chi connectivity index (χ2n) is 14.1. The molecule has 0 aliphatic heterocycles. The monoisotopic (exact) mass is 642 g/mol. The molecule has 4 aromatic carbocycles. The van der Waals surface area contributed by atoms with Crippen molar-refractivity contribution in [3.8, 4) is 44.9 Å². The Bertz CT molecular complexity index is 2010. The van der Waals surface area contributed by atoms with Gasteiger partial charge in [-0.1, -0.05) is 169 Å². The van der Waals surface area contributed by atoms with Crippen molar-refractivity contribution in [2.24, 2.45) is 0 Å². The average Bonchev–Trinajstić information content (AvgIpc) is 3.43. The lowest BCUT2D eigenvalue weighted by atomic mass is 9.70. The van der Waals surface area contributed by atoms with E-state index in [-0.39, 0.29) is 5.41 Å². The Morgan fingerprint density at radius 3 is 1.88 bits per heavy atom. The van der Waals surface area contributed by atoms with Crippen LogP contribution in [0.1, 0.15) is 102 Å². The van der Waals surface area contributed by atoms with Crippen molar-refractivity contribution in [1.82, 2.24) is 9.97 Å². The maximum absolute atomic E-state index is 5.21. The summed E-state index contributed by atoms with van der Waals surface area (Å²) in [6, 6.07) is 42.3. The van der Waals surface area contributed by atoms with Gasteiger partial charge in [-0.05, 0) is 75.9 Å². The van der Waals surface area contributed by atoms with E-state index in [1.807, 2.05) is 6.20 Å². The summed E-state index contributed by atoms with van der Waals surface area (Å²) in [5, 5.41) is 2.32. The van der Waals surface area contributed by atoms with Gasteiger partial charge in [0.25, 0.3) is 0 Å². The fraction of sp³-hybridized carbons (Fsp3) is 0.319. The zero-order chi connectivity index (χ0) is 33.5. The second kappa shape index (κ2) is 15.3. The van der Waals surface area contributed by atoms with Crippen LogP contribution in [-0.4, -0.2) is 9.97 Å². The summed E-state index contributed by atoms with van der Waals surface area (Å²) in [7, 11) is 0. The van der Waals surface area contributed by atoms with Crippen LogP contribution in [0.3, 0.4) is 0 Å². The predicted octanol–water partition coefficient (Wildman–Crippen LogP) is 13.6. The highest BCUT2D eigenvalue weighted by molar-refractivity contribution is 5.87. The maximum atomic E-state index is 5.21. The molecule has 0 spiro atoms. The van der Waals surface area contributed by atoms with E-state index >= 15 is 0 Å². The van der Waals surface area contributed by atoms with E-state index in [0.29, 0.717) is 0 Å². The molecule has 1 aliphatic carbocycles. The van der Waals surface area contributed by atoms with E-state index < -0.39 is 0 Å². The molecule has 0 radical (unpaired) electrons. The van der Waals surface area contributed by atoms with Crippen molar-refractivity contribution >= 4 is 10.8 Å². The molecular weight excluding hydrogens is 593 g/mol. The van der Waals surface area contributed by atoms with Crippen LogP contribution in [0, 0.1) is 0 Å². The molecule has 1 atom stereocenters. The Hall–Kier alpha value is -4.56. The number of fused-ring (bicyclic) bond motifs is 4. The van der Waals surface area contributed by atoms with Crippen LogP contribution < -0.4 is 0 Å². The van der Waals surface area contributed by atoms with E-state index in [4.69, 9.17) is 9.97 Å². The Kier molecular flexibility index (Phi) is 10.3. The minimum Gasteiger partial charge on any atom is -0.254 e. The molecule has 1 unspecified atom stereocenters. The van der Waals surface area contributed by atoms with Crippen LogP contribution in [0.4, 0.5) is 0 Å². The zero-order valence-corrected chi connectivity index (χ0v) is 29.4. The van der Waals surface area contributed by atoms with Gasteiger partial charge in [-0.15, -0.1) is 0 Å². The second-order valence-corrected chi connectivity index (χ2v) is 14.1. The third-order valence-corrected chi connectivity index (χ3v) is 10.8. The number of rotatable bonds is 15. The number of benzene rings is 4. The van der Waals surface area contributed by atoms with Crippen LogP contribution in [0.25, 0.3) is 55.7 Å². The summed E-state index contributed by atoms with van der Waals surface area (Å²) in [5.74, 6) is 0.